The van der Waals surface area contributed by atoms with Gasteiger partial charge in [0.1, 0.15) is 5.75 Å². The van der Waals surface area contributed by atoms with Gasteiger partial charge in [0.15, 0.2) is 0 Å². The second-order valence-electron chi connectivity index (χ2n) is 6.03. The summed E-state index contributed by atoms with van der Waals surface area (Å²) in [6, 6.07) is 5.84. The van der Waals surface area contributed by atoms with Gasteiger partial charge in [-0.15, -0.1) is 0 Å². The van der Waals surface area contributed by atoms with Crippen LogP contribution in [0.5, 0.6) is 5.75 Å². The maximum absolute atomic E-state index is 12.8. The van der Waals surface area contributed by atoms with Crippen molar-refractivity contribution in [2.45, 2.75) is 26.2 Å². The second-order valence-corrected chi connectivity index (χ2v) is 6.03. The van der Waals surface area contributed by atoms with Crippen LogP contribution in [0.15, 0.2) is 18.2 Å². The predicted octanol–water partition coefficient (Wildman–Crippen LogP) is 1.43. The highest BCUT2D eigenvalue weighted by Gasteiger charge is 2.24. The molecular formula is C18H27N3O3. The molecule has 0 aromatic heterocycles. The van der Waals surface area contributed by atoms with Crippen molar-refractivity contribution in [3.8, 4) is 5.75 Å². The Hall–Kier alpha value is -2.08. The van der Waals surface area contributed by atoms with Crippen LogP contribution >= 0.6 is 0 Å². The van der Waals surface area contributed by atoms with E-state index < -0.39 is 0 Å². The van der Waals surface area contributed by atoms with Crippen LogP contribution in [0.1, 0.15) is 25.3 Å². The van der Waals surface area contributed by atoms with E-state index >= 15 is 0 Å². The van der Waals surface area contributed by atoms with Gasteiger partial charge in [0.2, 0.25) is 11.8 Å². The topological polar surface area (TPSA) is 61.9 Å². The molecule has 0 bridgehead atoms. The summed E-state index contributed by atoms with van der Waals surface area (Å²) in [5, 5.41) is 2.62. The van der Waals surface area contributed by atoms with Crippen LogP contribution in [0.2, 0.25) is 0 Å². The molecular weight excluding hydrogens is 306 g/mol. The lowest BCUT2D eigenvalue weighted by Crippen LogP contribution is -2.45. The van der Waals surface area contributed by atoms with Gasteiger partial charge in [0.25, 0.3) is 0 Å². The van der Waals surface area contributed by atoms with Gasteiger partial charge in [-0.05, 0) is 49.6 Å². The maximum atomic E-state index is 12.8. The van der Waals surface area contributed by atoms with E-state index in [4.69, 9.17) is 4.74 Å². The number of amides is 2. The zero-order valence-corrected chi connectivity index (χ0v) is 14.8. The minimum absolute atomic E-state index is 0.0402. The lowest BCUT2D eigenvalue weighted by molar-refractivity contribution is -0.123. The van der Waals surface area contributed by atoms with Gasteiger partial charge in [-0.2, -0.15) is 0 Å². The number of carbonyl (C=O) groups is 2. The van der Waals surface area contributed by atoms with Crippen LogP contribution in [0.3, 0.4) is 0 Å². The van der Waals surface area contributed by atoms with E-state index in [0.29, 0.717) is 0 Å². The number of hydrogen-bond donors (Lipinski definition) is 1. The monoisotopic (exact) mass is 333 g/mol. The number of fused-ring (bicyclic) bond motifs is 1. The van der Waals surface area contributed by atoms with Crippen molar-refractivity contribution in [2.75, 3.05) is 45.2 Å². The van der Waals surface area contributed by atoms with Crippen LogP contribution in [0.4, 0.5) is 5.69 Å². The SMILES string of the molecule is CCCN(CC(=O)NC)CC(=O)N1CCCc2cc(OC)ccc21. The Balaban J connectivity index is 2.11. The molecule has 24 heavy (non-hydrogen) atoms. The molecule has 1 aliphatic rings. The molecule has 0 aliphatic carbocycles. The number of rotatable bonds is 7. The van der Waals surface area contributed by atoms with Gasteiger partial charge in [0.05, 0.1) is 20.2 Å². The third-order valence-corrected chi connectivity index (χ3v) is 4.25. The number of likely N-dealkylation sites (N-methyl/N-ethyl adjacent to an activating group) is 1. The lowest BCUT2D eigenvalue weighted by atomic mass is 10.0. The summed E-state index contributed by atoms with van der Waals surface area (Å²) < 4.78 is 5.27. The third kappa shape index (κ3) is 4.47. The average molecular weight is 333 g/mol. The highest BCUT2D eigenvalue weighted by Crippen LogP contribution is 2.30. The molecule has 0 unspecified atom stereocenters. The molecule has 2 rings (SSSR count). The Morgan fingerprint density at radius 1 is 1.33 bits per heavy atom. The van der Waals surface area contributed by atoms with Crippen molar-refractivity contribution in [1.29, 1.82) is 0 Å². The average Bonchev–Trinajstić information content (AvgIpc) is 2.60. The molecule has 2 amide bonds. The van der Waals surface area contributed by atoms with Gasteiger partial charge in [-0.3, -0.25) is 14.5 Å². The molecule has 0 saturated carbocycles. The first-order chi connectivity index (χ1) is 11.6. The minimum atomic E-state index is -0.0694. The number of benzene rings is 1. The van der Waals surface area contributed by atoms with Gasteiger partial charge >= 0.3 is 0 Å². The van der Waals surface area contributed by atoms with E-state index in [1.807, 2.05) is 34.9 Å². The minimum Gasteiger partial charge on any atom is -0.497 e. The van der Waals surface area contributed by atoms with E-state index in [2.05, 4.69) is 5.32 Å². The molecule has 0 atom stereocenters. The smallest absolute Gasteiger partial charge is 0.241 e. The Morgan fingerprint density at radius 3 is 2.79 bits per heavy atom. The number of nitrogens with one attached hydrogen (secondary N) is 1. The Kier molecular flexibility index (Phi) is 6.61. The second kappa shape index (κ2) is 8.68. The molecule has 6 nitrogen and oxygen atoms in total. The predicted molar refractivity (Wildman–Crippen MR) is 94.5 cm³/mol. The van der Waals surface area contributed by atoms with E-state index in [0.717, 1.165) is 49.4 Å². The Morgan fingerprint density at radius 2 is 2.12 bits per heavy atom. The zero-order valence-electron chi connectivity index (χ0n) is 14.8. The van der Waals surface area contributed by atoms with Crippen LogP contribution in [-0.2, 0) is 16.0 Å². The number of ether oxygens (including phenoxy) is 1. The molecule has 1 aromatic rings. The lowest BCUT2D eigenvalue weighted by Gasteiger charge is -2.31. The van der Waals surface area contributed by atoms with Gasteiger partial charge in [-0.25, -0.2) is 0 Å². The van der Waals surface area contributed by atoms with E-state index in [-0.39, 0.29) is 24.9 Å². The molecule has 1 aliphatic heterocycles. The van der Waals surface area contributed by atoms with Crippen molar-refractivity contribution in [3.05, 3.63) is 23.8 Å². The van der Waals surface area contributed by atoms with Crippen molar-refractivity contribution in [1.82, 2.24) is 10.2 Å². The number of methoxy groups -OCH3 is 1. The summed E-state index contributed by atoms with van der Waals surface area (Å²) in [7, 11) is 3.26. The van der Waals surface area contributed by atoms with Crippen molar-refractivity contribution in [2.24, 2.45) is 0 Å². The molecule has 0 saturated heterocycles. The van der Waals surface area contributed by atoms with Crippen LogP contribution < -0.4 is 15.0 Å². The summed E-state index contributed by atoms with van der Waals surface area (Å²) in [4.78, 5) is 28.2. The van der Waals surface area contributed by atoms with Gasteiger partial charge in [0, 0.05) is 19.3 Å². The summed E-state index contributed by atoms with van der Waals surface area (Å²) in [5.41, 5.74) is 2.10. The van der Waals surface area contributed by atoms with E-state index in [9.17, 15) is 9.59 Å². The summed E-state index contributed by atoms with van der Waals surface area (Å²) >= 11 is 0. The first kappa shape index (κ1) is 18.3. The van der Waals surface area contributed by atoms with Crippen LogP contribution in [-0.4, -0.2) is 57.1 Å². The van der Waals surface area contributed by atoms with Gasteiger partial charge in [-0.1, -0.05) is 6.92 Å². The standard InChI is InChI=1S/C18H27N3O3/c1-4-9-20(12-17(22)19-2)13-18(23)21-10-5-6-14-11-15(24-3)7-8-16(14)21/h7-8,11H,4-6,9-10,12-13H2,1-3H3,(H,19,22). The molecule has 1 heterocycles. The van der Waals surface area contributed by atoms with Crippen LogP contribution in [0.25, 0.3) is 0 Å². The van der Waals surface area contributed by atoms with Crippen molar-refractivity contribution >= 4 is 17.5 Å². The quantitative estimate of drug-likeness (QED) is 0.820. The number of aryl methyl sites for hydroxylation is 1. The number of anilines is 1. The largest absolute Gasteiger partial charge is 0.497 e. The summed E-state index contributed by atoms with van der Waals surface area (Å²) in [6.07, 6.45) is 2.79. The Labute approximate surface area is 143 Å². The number of carbonyl (C=O) groups excluding carboxylic acids is 2. The molecule has 0 fully saturated rings. The van der Waals surface area contributed by atoms with Gasteiger partial charge < -0.3 is 15.0 Å². The van der Waals surface area contributed by atoms with E-state index in [1.54, 1.807) is 14.2 Å². The number of nitrogens with zero attached hydrogens (tertiary/aromatic N) is 2. The maximum Gasteiger partial charge on any atom is 0.241 e. The fraction of sp³-hybridized carbons (Fsp3) is 0.556. The van der Waals surface area contributed by atoms with Crippen LogP contribution in [0, 0.1) is 0 Å². The molecule has 6 heteroatoms. The van der Waals surface area contributed by atoms with Crippen molar-refractivity contribution in [3.63, 3.8) is 0 Å². The third-order valence-electron chi connectivity index (χ3n) is 4.25. The van der Waals surface area contributed by atoms with E-state index in [1.165, 1.54) is 0 Å². The summed E-state index contributed by atoms with van der Waals surface area (Å²) in [5.74, 6) is 0.786. The molecule has 132 valence electrons. The highest BCUT2D eigenvalue weighted by molar-refractivity contribution is 5.96. The normalized spacial score (nSPS) is 13.6. The Bertz CT molecular complexity index is 589. The molecule has 0 radical (unpaired) electrons. The zero-order chi connectivity index (χ0) is 17.5. The first-order valence-electron chi connectivity index (χ1n) is 8.49. The first-order valence-corrected chi connectivity index (χ1v) is 8.49. The highest BCUT2D eigenvalue weighted by atomic mass is 16.5. The fourth-order valence-corrected chi connectivity index (χ4v) is 3.05. The molecule has 0 spiro atoms. The molecule has 1 aromatic carbocycles. The number of hydrogen-bond acceptors (Lipinski definition) is 4. The summed E-state index contributed by atoms with van der Waals surface area (Å²) in [6.45, 7) is 4.00. The fourth-order valence-electron chi connectivity index (χ4n) is 3.05. The van der Waals surface area contributed by atoms with Crippen molar-refractivity contribution < 1.29 is 14.3 Å². The molecule has 1 N–H and O–H groups in total.